The molecule has 0 bridgehead atoms. The van der Waals surface area contributed by atoms with Crippen LogP contribution in [-0.2, 0) is 6.61 Å². The van der Waals surface area contributed by atoms with Gasteiger partial charge in [-0.2, -0.15) is 0 Å². The first-order valence-electron chi connectivity index (χ1n) is 4.65. The topological polar surface area (TPSA) is 46.3 Å². The van der Waals surface area contributed by atoms with Gasteiger partial charge in [-0.25, -0.2) is 8.78 Å². The molecule has 1 heterocycles. The molecule has 1 aromatic carbocycles. The molecule has 0 amide bonds. The summed E-state index contributed by atoms with van der Waals surface area (Å²) in [6.07, 6.45) is 0. The standard InChI is InChI=1S/C11H9F2NO2/c1-6-9(5-15)11(14-16-6)8-4-7(12)2-3-10(8)13/h2-4,15H,5H2,1H3. The van der Waals surface area contributed by atoms with E-state index < -0.39 is 11.6 Å². The van der Waals surface area contributed by atoms with Crippen LogP contribution in [0.2, 0.25) is 0 Å². The summed E-state index contributed by atoms with van der Waals surface area (Å²) in [4.78, 5) is 0. The molecule has 0 unspecified atom stereocenters. The lowest BCUT2D eigenvalue weighted by Crippen LogP contribution is -1.92. The first-order chi connectivity index (χ1) is 7.63. The van der Waals surface area contributed by atoms with Gasteiger partial charge in [-0.1, -0.05) is 5.16 Å². The molecule has 2 aromatic rings. The predicted molar refractivity (Wildman–Crippen MR) is 52.5 cm³/mol. The first kappa shape index (κ1) is 10.8. The van der Waals surface area contributed by atoms with E-state index in [-0.39, 0.29) is 17.9 Å². The van der Waals surface area contributed by atoms with Crippen molar-refractivity contribution < 1.29 is 18.4 Å². The third-order valence-corrected chi connectivity index (χ3v) is 2.33. The summed E-state index contributed by atoms with van der Waals surface area (Å²) in [5, 5.41) is 12.7. The molecule has 0 fully saturated rings. The largest absolute Gasteiger partial charge is 0.391 e. The van der Waals surface area contributed by atoms with Crippen molar-refractivity contribution in [2.75, 3.05) is 0 Å². The second-order valence-corrected chi connectivity index (χ2v) is 3.35. The molecule has 84 valence electrons. The predicted octanol–water partition coefficient (Wildman–Crippen LogP) is 2.42. The van der Waals surface area contributed by atoms with Gasteiger partial charge >= 0.3 is 0 Å². The van der Waals surface area contributed by atoms with Crippen LogP contribution in [0.3, 0.4) is 0 Å². The monoisotopic (exact) mass is 225 g/mol. The lowest BCUT2D eigenvalue weighted by atomic mass is 10.1. The van der Waals surface area contributed by atoms with E-state index in [0.717, 1.165) is 18.2 Å². The van der Waals surface area contributed by atoms with Gasteiger partial charge in [0.15, 0.2) is 0 Å². The number of hydrogen-bond donors (Lipinski definition) is 1. The molecule has 0 saturated heterocycles. The Morgan fingerprint density at radius 1 is 1.38 bits per heavy atom. The molecule has 0 aliphatic carbocycles. The quantitative estimate of drug-likeness (QED) is 0.853. The van der Waals surface area contributed by atoms with Crippen LogP contribution in [-0.4, -0.2) is 10.3 Å². The van der Waals surface area contributed by atoms with Gasteiger partial charge in [0, 0.05) is 11.1 Å². The highest BCUT2D eigenvalue weighted by Gasteiger charge is 2.17. The van der Waals surface area contributed by atoms with Crippen molar-refractivity contribution in [3.8, 4) is 11.3 Å². The second-order valence-electron chi connectivity index (χ2n) is 3.35. The Labute approximate surface area is 90.3 Å². The lowest BCUT2D eigenvalue weighted by molar-refractivity contribution is 0.278. The van der Waals surface area contributed by atoms with Gasteiger partial charge in [-0.15, -0.1) is 0 Å². The zero-order valence-corrected chi connectivity index (χ0v) is 8.50. The maximum Gasteiger partial charge on any atom is 0.139 e. The highest BCUT2D eigenvalue weighted by atomic mass is 19.1. The molecule has 0 aliphatic rings. The molecular formula is C11H9F2NO2. The number of nitrogens with zero attached hydrogens (tertiary/aromatic N) is 1. The highest BCUT2D eigenvalue weighted by molar-refractivity contribution is 5.63. The fourth-order valence-electron chi connectivity index (χ4n) is 1.47. The van der Waals surface area contributed by atoms with Crippen LogP contribution in [0.25, 0.3) is 11.3 Å². The Morgan fingerprint density at radius 2 is 2.12 bits per heavy atom. The number of aryl methyl sites for hydroxylation is 1. The van der Waals surface area contributed by atoms with Crippen LogP contribution in [0.5, 0.6) is 0 Å². The van der Waals surface area contributed by atoms with E-state index in [0.29, 0.717) is 11.3 Å². The van der Waals surface area contributed by atoms with Crippen molar-refractivity contribution in [1.82, 2.24) is 5.16 Å². The van der Waals surface area contributed by atoms with E-state index in [4.69, 9.17) is 9.63 Å². The normalized spacial score (nSPS) is 10.8. The molecule has 0 aliphatic heterocycles. The molecule has 2 rings (SSSR count). The Kier molecular flexibility index (Phi) is 2.70. The van der Waals surface area contributed by atoms with Gasteiger partial charge < -0.3 is 9.63 Å². The summed E-state index contributed by atoms with van der Waals surface area (Å²) in [7, 11) is 0. The van der Waals surface area contributed by atoms with E-state index in [9.17, 15) is 8.78 Å². The van der Waals surface area contributed by atoms with Crippen LogP contribution < -0.4 is 0 Å². The van der Waals surface area contributed by atoms with Crippen LogP contribution >= 0.6 is 0 Å². The summed E-state index contributed by atoms with van der Waals surface area (Å²) in [6.45, 7) is 1.26. The third-order valence-electron chi connectivity index (χ3n) is 2.33. The number of benzene rings is 1. The first-order valence-corrected chi connectivity index (χ1v) is 4.65. The van der Waals surface area contributed by atoms with Crippen LogP contribution in [0, 0.1) is 18.6 Å². The van der Waals surface area contributed by atoms with Gasteiger partial charge in [-0.3, -0.25) is 0 Å². The molecule has 16 heavy (non-hydrogen) atoms. The molecule has 0 saturated carbocycles. The van der Waals surface area contributed by atoms with Crippen molar-refractivity contribution >= 4 is 0 Å². The average molecular weight is 225 g/mol. The molecule has 1 N–H and O–H groups in total. The van der Waals surface area contributed by atoms with E-state index in [2.05, 4.69) is 5.16 Å². The smallest absolute Gasteiger partial charge is 0.139 e. The van der Waals surface area contributed by atoms with Crippen LogP contribution in [0.15, 0.2) is 22.7 Å². The molecular weight excluding hydrogens is 216 g/mol. The summed E-state index contributed by atoms with van der Waals surface area (Å²) in [5.41, 5.74) is 0.488. The van der Waals surface area contributed by atoms with Gasteiger partial charge in [0.25, 0.3) is 0 Å². The van der Waals surface area contributed by atoms with Gasteiger partial charge in [0.05, 0.1) is 6.61 Å². The number of aromatic nitrogens is 1. The fraction of sp³-hybridized carbons (Fsp3) is 0.182. The Balaban J connectivity index is 2.62. The van der Waals surface area contributed by atoms with Crippen molar-refractivity contribution in [1.29, 1.82) is 0 Å². The SMILES string of the molecule is Cc1onc(-c2cc(F)ccc2F)c1CO. The molecule has 3 nitrogen and oxygen atoms in total. The highest BCUT2D eigenvalue weighted by Crippen LogP contribution is 2.27. The van der Waals surface area contributed by atoms with Crippen molar-refractivity contribution in [3.63, 3.8) is 0 Å². The minimum atomic E-state index is -0.607. The van der Waals surface area contributed by atoms with Crippen LogP contribution in [0.4, 0.5) is 8.78 Å². The molecule has 1 aromatic heterocycles. The zero-order chi connectivity index (χ0) is 11.7. The van der Waals surface area contributed by atoms with E-state index in [1.807, 2.05) is 0 Å². The van der Waals surface area contributed by atoms with Crippen molar-refractivity contribution in [2.24, 2.45) is 0 Å². The summed E-state index contributed by atoms with van der Waals surface area (Å²) in [5.74, 6) is -0.786. The maximum absolute atomic E-state index is 13.5. The fourth-order valence-corrected chi connectivity index (χ4v) is 1.47. The minimum absolute atomic E-state index is 0.0131. The molecule has 0 radical (unpaired) electrons. The van der Waals surface area contributed by atoms with E-state index in [1.54, 1.807) is 6.92 Å². The van der Waals surface area contributed by atoms with Crippen molar-refractivity contribution in [2.45, 2.75) is 13.5 Å². The maximum atomic E-state index is 13.5. The molecule has 0 atom stereocenters. The lowest BCUT2D eigenvalue weighted by Gasteiger charge is -2.01. The third kappa shape index (κ3) is 1.69. The molecule has 5 heteroatoms. The average Bonchev–Trinajstić information content (AvgIpc) is 2.63. The van der Waals surface area contributed by atoms with Crippen LogP contribution in [0.1, 0.15) is 11.3 Å². The second kappa shape index (κ2) is 4.02. The summed E-state index contributed by atoms with van der Waals surface area (Å²) < 4.78 is 31.3. The minimum Gasteiger partial charge on any atom is -0.391 e. The van der Waals surface area contributed by atoms with E-state index in [1.165, 1.54) is 0 Å². The Bertz CT molecular complexity index is 523. The van der Waals surface area contributed by atoms with Gasteiger partial charge in [0.2, 0.25) is 0 Å². The zero-order valence-electron chi connectivity index (χ0n) is 8.50. The number of aliphatic hydroxyl groups excluding tert-OH is 1. The van der Waals surface area contributed by atoms with Crippen molar-refractivity contribution in [3.05, 3.63) is 41.2 Å². The summed E-state index contributed by atoms with van der Waals surface area (Å²) >= 11 is 0. The Hall–Kier alpha value is -1.75. The molecule has 0 spiro atoms. The number of rotatable bonds is 2. The number of hydrogen-bond acceptors (Lipinski definition) is 3. The van der Waals surface area contributed by atoms with Gasteiger partial charge in [0.1, 0.15) is 23.1 Å². The van der Waals surface area contributed by atoms with Gasteiger partial charge in [-0.05, 0) is 25.1 Å². The van der Waals surface area contributed by atoms with E-state index >= 15 is 0 Å². The number of aliphatic hydroxyl groups is 1. The number of halogens is 2. The summed E-state index contributed by atoms with van der Waals surface area (Å²) in [6, 6.07) is 3.05. The Morgan fingerprint density at radius 3 is 2.81 bits per heavy atom.